The maximum Gasteiger partial charge on any atom is 0.0663 e. The van der Waals surface area contributed by atoms with Gasteiger partial charge in [-0.05, 0) is 0 Å². The summed E-state index contributed by atoms with van der Waals surface area (Å²) in [5, 5.41) is 34.1. The molecule has 4 N–H and O–H groups in total. The van der Waals surface area contributed by atoms with E-state index in [1.165, 1.54) is 0 Å². The fraction of sp³-hybridized carbons (Fsp3) is 1.00. The Morgan fingerprint density at radius 3 is 1.90 bits per heavy atom. The monoisotopic (exact) mass is 152 g/mol. The van der Waals surface area contributed by atoms with Crippen molar-refractivity contribution in [1.29, 1.82) is 0 Å². The molecule has 0 aliphatic carbocycles. The lowest BCUT2D eigenvalue weighted by atomic mass is 10.6. The van der Waals surface area contributed by atoms with Gasteiger partial charge in [0.15, 0.2) is 0 Å². The largest absolute Gasteiger partial charge is 0.395 e. The molecular formula is C4H12N2O4. The van der Waals surface area contributed by atoms with Gasteiger partial charge in [0.1, 0.15) is 0 Å². The van der Waals surface area contributed by atoms with Crippen LogP contribution in [0.4, 0.5) is 0 Å². The van der Waals surface area contributed by atoms with Crippen LogP contribution in [0.25, 0.3) is 0 Å². The Morgan fingerprint density at radius 2 is 1.50 bits per heavy atom. The summed E-state index contributed by atoms with van der Waals surface area (Å²) in [4.78, 5) is 0. The molecule has 0 saturated carbocycles. The summed E-state index contributed by atoms with van der Waals surface area (Å²) in [7, 11) is 0. The highest BCUT2D eigenvalue weighted by Crippen LogP contribution is 1.80. The first-order chi connectivity index (χ1) is 4.66. The van der Waals surface area contributed by atoms with Crippen LogP contribution in [0.1, 0.15) is 0 Å². The molecule has 0 heterocycles. The zero-order valence-corrected chi connectivity index (χ0v) is 5.51. The van der Waals surface area contributed by atoms with Crippen LogP contribution < -0.4 is 0 Å². The molecule has 0 spiro atoms. The van der Waals surface area contributed by atoms with Crippen LogP contribution in [0.3, 0.4) is 0 Å². The summed E-state index contributed by atoms with van der Waals surface area (Å²) in [5.74, 6) is 0. The van der Waals surface area contributed by atoms with Crippen LogP contribution in [-0.2, 0) is 0 Å². The molecule has 0 aliphatic rings. The minimum atomic E-state index is -0.159. The van der Waals surface area contributed by atoms with Crippen LogP contribution in [0.5, 0.6) is 0 Å². The summed E-state index contributed by atoms with van der Waals surface area (Å²) in [5.41, 5.74) is 0. The normalized spacial score (nSPS) is 11.4. The molecule has 0 rings (SSSR count). The molecule has 0 aromatic heterocycles. The highest BCUT2D eigenvalue weighted by Gasteiger charge is 2.00. The minimum Gasteiger partial charge on any atom is -0.395 e. The van der Waals surface area contributed by atoms with E-state index in [2.05, 4.69) is 0 Å². The molecule has 6 heteroatoms. The second kappa shape index (κ2) is 5.54. The lowest BCUT2D eigenvalue weighted by Gasteiger charge is -2.13. The van der Waals surface area contributed by atoms with E-state index in [1.807, 2.05) is 0 Å². The van der Waals surface area contributed by atoms with Crippen molar-refractivity contribution in [3.05, 3.63) is 0 Å². The number of nitrogens with zero attached hydrogens (tertiary/aromatic N) is 2. The van der Waals surface area contributed by atoms with Crippen molar-refractivity contribution in [2.24, 2.45) is 0 Å². The Labute approximate surface area is 58.4 Å². The van der Waals surface area contributed by atoms with Gasteiger partial charge in [-0.1, -0.05) is 5.23 Å². The molecule has 0 atom stereocenters. The van der Waals surface area contributed by atoms with Gasteiger partial charge in [0.2, 0.25) is 0 Å². The molecule has 0 unspecified atom stereocenters. The van der Waals surface area contributed by atoms with Crippen LogP contribution >= 0.6 is 0 Å². The first kappa shape index (κ1) is 9.76. The SMILES string of the molecule is OCCN(O)CCN(O)O. The predicted octanol–water partition coefficient (Wildman–Crippen LogP) is -1.25. The standard InChI is InChI=1S/C4H12N2O4/c7-4-3-5(8)1-2-6(9)10/h7-10H,1-4H2. The molecule has 0 aromatic rings. The zero-order valence-electron chi connectivity index (χ0n) is 5.51. The number of hydrogen-bond acceptors (Lipinski definition) is 6. The number of aliphatic hydroxyl groups excluding tert-OH is 1. The van der Waals surface area contributed by atoms with Gasteiger partial charge < -0.3 is 10.3 Å². The fourth-order valence-corrected chi connectivity index (χ4v) is 0.432. The molecular weight excluding hydrogens is 140 g/mol. The Morgan fingerprint density at radius 1 is 0.900 bits per heavy atom. The Balaban J connectivity index is 3.12. The van der Waals surface area contributed by atoms with Crippen LogP contribution in [-0.4, -0.2) is 57.3 Å². The predicted molar refractivity (Wildman–Crippen MR) is 30.7 cm³/mol. The van der Waals surface area contributed by atoms with Crippen molar-refractivity contribution in [2.75, 3.05) is 26.2 Å². The van der Waals surface area contributed by atoms with E-state index < -0.39 is 0 Å². The van der Waals surface area contributed by atoms with E-state index in [0.717, 1.165) is 5.06 Å². The highest BCUT2D eigenvalue weighted by molar-refractivity contribution is 4.42. The van der Waals surface area contributed by atoms with Gasteiger partial charge in [-0.25, -0.2) is 0 Å². The van der Waals surface area contributed by atoms with E-state index in [0.29, 0.717) is 0 Å². The van der Waals surface area contributed by atoms with Crippen LogP contribution in [0.15, 0.2) is 0 Å². The van der Waals surface area contributed by atoms with Gasteiger partial charge in [0.25, 0.3) is 0 Å². The van der Waals surface area contributed by atoms with Crippen molar-refractivity contribution in [3.63, 3.8) is 0 Å². The van der Waals surface area contributed by atoms with Crippen molar-refractivity contribution in [1.82, 2.24) is 10.3 Å². The third kappa shape index (κ3) is 5.89. The molecule has 0 saturated heterocycles. The number of hydrogen-bond donors (Lipinski definition) is 4. The third-order valence-electron chi connectivity index (χ3n) is 0.916. The molecule has 6 nitrogen and oxygen atoms in total. The van der Waals surface area contributed by atoms with E-state index in [4.69, 9.17) is 20.7 Å². The van der Waals surface area contributed by atoms with Crippen molar-refractivity contribution >= 4 is 0 Å². The average molecular weight is 152 g/mol. The summed E-state index contributed by atoms with van der Waals surface area (Å²) in [6.07, 6.45) is 0. The lowest BCUT2D eigenvalue weighted by molar-refractivity contribution is -0.312. The first-order valence-corrected chi connectivity index (χ1v) is 2.86. The number of hydroxylamine groups is 4. The fourth-order valence-electron chi connectivity index (χ4n) is 0.432. The van der Waals surface area contributed by atoms with Gasteiger partial charge in [0, 0.05) is 13.1 Å². The zero-order chi connectivity index (χ0) is 7.98. The molecule has 0 aliphatic heterocycles. The van der Waals surface area contributed by atoms with Gasteiger partial charge in [-0.2, -0.15) is 5.06 Å². The van der Waals surface area contributed by atoms with E-state index in [-0.39, 0.29) is 31.5 Å². The minimum absolute atomic E-state index is 0.0272. The third-order valence-corrected chi connectivity index (χ3v) is 0.916. The first-order valence-electron chi connectivity index (χ1n) is 2.86. The van der Waals surface area contributed by atoms with Crippen molar-refractivity contribution in [3.8, 4) is 0 Å². The maximum absolute atomic E-state index is 8.72. The van der Waals surface area contributed by atoms with Crippen LogP contribution in [0.2, 0.25) is 0 Å². The van der Waals surface area contributed by atoms with E-state index in [1.54, 1.807) is 0 Å². The number of aliphatic hydroxyl groups is 1. The lowest BCUT2D eigenvalue weighted by Crippen LogP contribution is -2.31. The second-order valence-electron chi connectivity index (χ2n) is 1.77. The summed E-state index contributed by atoms with van der Waals surface area (Å²) in [6.45, 7) is -0.0642. The molecule has 0 fully saturated rings. The highest BCUT2D eigenvalue weighted by atomic mass is 16.8. The molecule has 0 bridgehead atoms. The van der Waals surface area contributed by atoms with Gasteiger partial charge in [-0.3, -0.25) is 10.4 Å². The number of rotatable bonds is 5. The van der Waals surface area contributed by atoms with Gasteiger partial charge in [-0.15, -0.1) is 0 Å². The van der Waals surface area contributed by atoms with E-state index >= 15 is 0 Å². The average Bonchev–Trinajstić information content (AvgIpc) is 1.85. The van der Waals surface area contributed by atoms with Gasteiger partial charge >= 0.3 is 0 Å². The quantitative estimate of drug-likeness (QED) is 0.368. The maximum atomic E-state index is 8.72. The van der Waals surface area contributed by atoms with Crippen molar-refractivity contribution in [2.45, 2.75) is 0 Å². The summed E-state index contributed by atoms with van der Waals surface area (Å²) < 4.78 is 0. The summed E-state index contributed by atoms with van der Waals surface area (Å²) in [6, 6.07) is 0. The van der Waals surface area contributed by atoms with E-state index in [9.17, 15) is 0 Å². The molecule has 10 heavy (non-hydrogen) atoms. The second-order valence-corrected chi connectivity index (χ2v) is 1.77. The smallest absolute Gasteiger partial charge is 0.0663 e. The molecule has 0 radical (unpaired) electrons. The summed E-state index contributed by atoms with van der Waals surface area (Å²) >= 11 is 0. The Kier molecular flexibility index (Phi) is 5.40. The molecule has 62 valence electrons. The Hall–Kier alpha value is -0.240. The van der Waals surface area contributed by atoms with Crippen molar-refractivity contribution < 1.29 is 20.7 Å². The Bertz CT molecular complexity index is 79.7. The van der Waals surface area contributed by atoms with Crippen LogP contribution in [0, 0.1) is 0 Å². The topological polar surface area (TPSA) is 87.4 Å². The molecule has 0 aromatic carbocycles. The molecule has 0 amide bonds. The van der Waals surface area contributed by atoms with Gasteiger partial charge in [0.05, 0.1) is 13.2 Å².